The van der Waals surface area contributed by atoms with Gasteiger partial charge in [-0.15, -0.1) is 4.40 Å². The molecule has 0 radical (unpaired) electrons. The fraction of sp³-hybridized carbons (Fsp3) is 0.316. The molecule has 1 N–H and O–H groups in total. The van der Waals surface area contributed by atoms with E-state index in [-0.39, 0.29) is 21.8 Å². The van der Waals surface area contributed by atoms with Crippen LogP contribution in [0.15, 0.2) is 45.7 Å². The van der Waals surface area contributed by atoms with Crippen molar-refractivity contribution in [3.8, 4) is 0 Å². The summed E-state index contributed by atoms with van der Waals surface area (Å²) in [4.78, 5) is 17.6. The molecule has 1 aromatic carbocycles. The summed E-state index contributed by atoms with van der Waals surface area (Å²) in [6.45, 7) is 2.02. The zero-order valence-electron chi connectivity index (χ0n) is 16.2. The molecule has 0 atom stereocenters. The van der Waals surface area contributed by atoms with Gasteiger partial charge in [0, 0.05) is 25.7 Å². The van der Waals surface area contributed by atoms with E-state index in [1.165, 1.54) is 31.2 Å². The Morgan fingerprint density at radius 1 is 1.23 bits per heavy atom. The first kappa shape index (κ1) is 21.8. The standard InChI is InChI=1S/C19H19F3N4O3S/c1-12-15(8-9-16(23-12)19(20,21)22)18(27)24-13-5-3-6-14(11-13)30(28,29)25-17-7-4-10-26(17)2/h3,5-6,8-9,11H,4,7,10H2,1-2H3,(H,24,27)/b25-17+. The predicted molar refractivity (Wildman–Crippen MR) is 105 cm³/mol. The molecule has 11 heteroatoms. The Bertz CT molecular complexity index is 1110. The topological polar surface area (TPSA) is 91.7 Å². The summed E-state index contributed by atoms with van der Waals surface area (Å²) in [7, 11) is -2.21. The van der Waals surface area contributed by atoms with Crippen LogP contribution in [0.1, 0.15) is 34.6 Å². The SMILES string of the molecule is Cc1nc(C(F)(F)F)ccc1C(=O)Nc1cccc(S(=O)(=O)/N=C2\CCCN2C)c1. The van der Waals surface area contributed by atoms with Crippen LogP contribution in [0.25, 0.3) is 0 Å². The van der Waals surface area contributed by atoms with Gasteiger partial charge in [0.15, 0.2) is 0 Å². The maximum absolute atomic E-state index is 12.7. The van der Waals surface area contributed by atoms with Gasteiger partial charge in [-0.3, -0.25) is 4.79 Å². The van der Waals surface area contributed by atoms with Crippen LogP contribution in [0.2, 0.25) is 0 Å². The van der Waals surface area contributed by atoms with E-state index in [0.717, 1.165) is 25.1 Å². The van der Waals surface area contributed by atoms with Crippen molar-refractivity contribution < 1.29 is 26.4 Å². The number of benzene rings is 1. The van der Waals surface area contributed by atoms with E-state index in [9.17, 15) is 26.4 Å². The van der Waals surface area contributed by atoms with Gasteiger partial charge in [-0.2, -0.15) is 21.6 Å². The van der Waals surface area contributed by atoms with Gasteiger partial charge in [0.1, 0.15) is 11.5 Å². The van der Waals surface area contributed by atoms with Gasteiger partial charge < -0.3 is 10.2 Å². The van der Waals surface area contributed by atoms with Crippen molar-refractivity contribution in [2.24, 2.45) is 4.40 Å². The lowest BCUT2D eigenvalue weighted by Crippen LogP contribution is -2.20. The smallest absolute Gasteiger partial charge is 0.362 e. The average Bonchev–Trinajstić information content (AvgIpc) is 3.05. The Labute approximate surface area is 171 Å². The summed E-state index contributed by atoms with van der Waals surface area (Å²) in [6, 6.07) is 7.27. The number of rotatable bonds is 4. The van der Waals surface area contributed by atoms with Crippen LogP contribution >= 0.6 is 0 Å². The number of hydrogen-bond donors (Lipinski definition) is 1. The number of nitrogens with zero attached hydrogens (tertiary/aromatic N) is 3. The number of hydrogen-bond acceptors (Lipinski definition) is 4. The molecular weight excluding hydrogens is 421 g/mol. The summed E-state index contributed by atoms with van der Waals surface area (Å²) in [6.07, 6.45) is -3.23. The van der Waals surface area contributed by atoms with Gasteiger partial charge in [0.25, 0.3) is 15.9 Å². The molecule has 1 aliphatic rings. The number of halogens is 3. The summed E-state index contributed by atoms with van der Waals surface area (Å²) in [5, 5.41) is 2.49. The molecule has 30 heavy (non-hydrogen) atoms. The third-order valence-corrected chi connectivity index (χ3v) is 5.87. The molecule has 160 valence electrons. The summed E-state index contributed by atoms with van der Waals surface area (Å²) >= 11 is 0. The molecule has 0 spiro atoms. The number of amidine groups is 1. The zero-order valence-corrected chi connectivity index (χ0v) is 17.0. The summed E-state index contributed by atoms with van der Waals surface area (Å²) in [5.74, 6) is -0.235. The lowest BCUT2D eigenvalue weighted by molar-refractivity contribution is -0.141. The Kier molecular flexibility index (Phi) is 5.84. The number of likely N-dealkylation sites (tertiary alicyclic amines) is 1. The molecule has 1 saturated heterocycles. The minimum atomic E-state index is -4.61. The van der Waals surface area contributed by atoms with Gasteiger partial charge in [-0.05, 0) is 43.7 Å². The van der Waals surface area contributed by atoms with Crippen LogP contribution in [0.4, 0.5) is 18.9 Å². The van der Waals surface area contributed by atoms with E-state index in [1.807, 2.05) is 0 Å². The van der Waals surface area contributed by atoms with Crippen LogP contribution < -0.4 is 5.32 Å². The van der Waals surface area contributed by atoms with Gasteiger partial charge in [0.05, 0.1) is 16.2 Å². The van der Waals surface area contributed by atoms with Crippen molar-refractivity contribution in [3.63, 3.8) is 0 Å². The number of nitrogens with one attached hydrogen (secondary N) is 1. The largest absolute Gasteiger partial charge is 0.433 e. The first-order chi connectivity index (χ1) is 14.0. The van der Waals surface area contributed by atoms with Crippen molar-refractivity contribution in [2.45, 2.75) is 30.8 Å². The van der Waals surface area contributed by atoms with E-state index < -0.39 is 27.8 Å². The number of alkyl halides is 3. The fourth-order valence-electron chi connectivity index (χ4n) is 2.99. The predicted octanol–water partition coefficient (Wildman–Crippen LogP) is 3.47. The third-order valence-electron chi connectivity index (χ3n) is 4.57. The van der Waals surface area contributed by atoms with Gasteiger partial charge in [-0.25, -0.2) is 4.98 Å². The van der Waals surface area contributed by atoms with Crippen LogP contribution in [0.3, 0.4) is 0 Å². The molecule has 2 heterocycles. The van der Waals surface area contributed by atoms with Gasteiger partial charge in [0.2, 0.25) is 0 Å². The molecule has 3 rings (SSSR count). The Morgan fingerprint density at radius 3 is 2.57 bits per heavy atom. The summed E-state index contributed by atoms with van der Waals surface area (Å²) < 4.78 is 67.3. The Balaban J connectivity index is 1.83. The Morgan fingerprint density at radius 2 is 1.97 bits per heavy atom. The van der Waals surface area contributed by atoms with Crippen molar-refractivity contribution >= 4 is 27.5 Å². The molecule has 0 unspecified atom stereocenters. The lowest BCUT2D eigenvalue weighted by Gasteiger charge is -2.12. The van der Waals surface area contributed by atoms with Crippen molar-refractivity contribution in [1.29, 1.82) is 0 Å². The van der Waals surface area contributed by atoms with Crippen LogP contribution in [-0.2, 0) is 16.2 Å². The van der Waals surface area contributed by atoms with E-state index >= 15 is 0 Å². The van der Waals surface area contributed by atoms with Crippen LogP contribution in [0, 0.1) is 6.92 Å². The number of carbonyl (C=O) groups excluding carboxylic acids is 1. The number of carbonyl (C=O) groups is 1. The quantitative estimate of drug-likeness (QED) is 0.786. The molecular formula is C19H19F3N4O3S. The molecule has 0 bridgehead atoms. The number of aryl methyl sites for hydroxylation is 1. The molecule has 2 aromatic rings. The monoisotopic (exact) mass is 440 g/mol. The first-order valence-electron chi connectivity index (χ1n) is 8.98. The molecule has 1 amide bonds. The fourth-order valence-corrected chi connectivity index (χ4v) is 4.13. The third kappa shape index (κ3) is 4.78. The highest BCUT2D eigenvalue weighted by molar-refractivity contribution is 7.90. The second-order valence-corrected chi connectivity index (χ2v) is 8.42. The van der Waals surface area contributed by atoms with Crippen molar-refractivity contribution in [2.75, 3.05) is 18.9 Å². The number of aromatic nitrogens is 1. The van der Waals surface area contributed by atoms with E-state index in [4.69, 9.17) is 0 Å². The molecule has 7 nitrogen and oxygen atoms in total. The maximum Gasteiger partial charge on any atom is 0.433 e. The van der Waals surface area contributed by atoms with Gasteiger partial charge in [-0.1, -0.05) is 6.07 Å². The maximum atomic E-state index is 12.7. The molecule has 1 fully saturated rings. The van der Waals surface area contributed by atoms with Crippen LogP contribution in [-0.4, -0.2) is 43.6 Å². The molecule has 0 saturated carbocycles. The molecule has 1 aromatic heterocycles. The summed E-state index contributed by atoms with van der Waals surface area (Å²) in [5.41, 5.74) is -1.08. The second-order valence-electron chi connectivity index (χ2n) is 6.82. The van der Waals surface area contributed by atoms with Crippen molar-refractivity contribution in [3.05, 3.63) is 53.3 Å². The average molecular weight is 440 g/mol. The Hall–Kier alpha value is -2.95. The number of sulfonamides is 1. The first-order valence-corrected chi connectivity index (χ1v) is 10.4. The highest BCUT2D eigenvalue weighted by atomic mass is 32.2. The van der Waals surface area contributed by atoms with E-state index in [1.54, 1.807) is 11.9 Å². The van der Waals surface area contributed by atoms with Gasteiger partial charge >= 0.3 is 6.18 Å². The molecule has 1 aliphatic heterocycles. The number of amides is 1. The highest BCUT2D eigenvalue weighted by Crippen LogP contribution is 2.28. The lowest BCUT2D eigenvalue weighted by atomic mass is 10.1. The highest BCUT2D eigenvalue weighted by Gasteiger charge is 2.33. The second kappa shape index (κ2) is 8.05. The minimum Gasteiger partial charge on any atom is -0.362 e. The van der Waals surface area contributed by atoms with E-state index in [0.29, 0.717) is 12.3 Å². The molecule has 0 aliphatic carbocycles. The normalized spacial score (nSPS) is 16.2. The van der Waals surface area contributed by atoms with Crippen molar-refractivity contribution in [1.82, 2.24) is 9.88 Å². The van der Waals surface area contributed by atoms with Crippen LogP contribution in [0.5, 0.6) is 0 Å². The number of pyridine rings is 1. The minimum absolute atomic E-state index is 0.0518. The van der Waals surface area contributed by atoms with E-state index in [2.05, 4.69) is 14.7 Å². The zero-order chi connectivity index (χ0) is 22.1. The number of anilines is 1.